The van der Waals surface area contributed by atoms with E-state index in [0.717, 1.165) is 5.56 Å². The van der Waals surface area contributed by atoms with E-state index in [4.69, 9.17) is 21.1 Å². The highest BCUT2D eigenvalue weighted by molar-refractivity contribution is 6.31. The first-order valence-corrected chi connectivity index (χ1v) is 6.25. The second-order valence-electron chi connectivity index (χ2n) is 4.19. The smallest absolute Gasteiger partial charge is 0.371 e. The maximum Gasteiger partial charge on any atom is 0.371 e. The fourth-order valence-corrected chi connectivity index (χ4v) is 2.05. The molecule has 5 nitrogen and oxygen atoms in total. The van der Waals surface area contributed by atoms with Crippen LogP contribution in [0.1, 0.15) is 39.6 Å². The summed E-state index contributed by atoms with van der Waals surface area (Å²) < 4.78 is 4.93. The molecule has 104 valence electrons. The van der Waals surface area contributed by atoms with E-state index in [9.17, 15) is 9.59 Å². The monoisotopic (exact) mass is 293 g/mol. The number of amides is 1. The lowest BCUT2D eigenvalue weighted by Crippen LogP contribution is -2.26. The van der Waals surface area contributed by atoms with Crippen LogP contribution in [0, 0.1) is 0 Å². The van der Waals surface area contributed by atoms with E-state index in [1.807, 2.05) is 6.07 Å². The number of nitrogens with one attached hydrogen (secondary N) is 1. The summed E-state index contributed by atoms with van der Waals surface area (Å²) in [6.07, 6.45) is 0. The zero-order chi connectivity index (χ0) is 14.7. The van der Waals surface area contributed by atoms with Gasteiger partial charge in [-0.3, -0.25) is 4.79 Å². The number of carboxylic acids is 1. The van der Waals surface area contributed by atoms with Crippen molar-refractivity contribution in [2.45, 2.75) is 13.0 Å². The van der Waals surface area contributed by atoms with E-state index in [1.165, 1.54) is 12.1 Å². The third-order valence-electron chi connectivity index (χ3n) is 2.76. The number of rotatable bonds is 4. The average Bonchev–Trinajstić information content (AvgIpc) is 2.88. The van der Waals surface area contributed by atoms with Crippen LogP contribution in [-0.2, 0) is 0 Å². The Balaban J connectivity index is 2.11. The Kier molecular flexibility index (Phi) is 4.10. The molecule has 2 aromatic rings. The summed E-state index contributed by atoms with van der Waals surface area (Å²) in [6, 6.07) is 9.38. The van der Waals surface area contributed by atoms with Crippen LogP contribution in [-0.4, -0.2) is 17.0 Å². The molecule has 0 bridgehead atoms. The predicted molar refractivity (Wildman–Crippen MR) is 73.0 cm³/mol. The van der Waals surface area contributed by atoms with Gasteiger partial charge in [0.25, 0.3) is 5.91 Å². The van der Waals surface area contributed by atoms with Gasteiger partial charge in [-0.1, -0.05) is 29.8 Å². The Labute approximate surface area is 120 Å². The van der Waals surface area contributed by atoms with Crippen LogP contribution in [0.25, 0.3) is 0 Å². The lowest BCUT2D eigenvalue weighted by atomic mass is 10.1. The van der Waals surface area contributed by atoms with Crippen LogP contribution in [0.2, 0.25) is 5.02 Å². The summed E-state index contributed by atoms with van der Waals surface area (Å²) in [5.41, 5.74) is 0.771. The fourth-order valence-electron chi connectivity index (χ4n) is 1.75. The van der Waals surface area contributed by atoms with Crippen molar-refractivity contribution < 1.29 is 19.1 Å². The zero-order valence-electron chi connectivity index (χ0n) is 10.6. The summed E-state index contributed by atoms with van der Waals surface area (Å²) in [7, 11) is 0. The molecule has 2 rings (SSSR count). The molecule has 6 heteroatoms. The summed E-state index contributed by atoms with van der Waals surface area (Å²) >= 11 is 6.04. The predicted octanol–water partition coefficient (Wildman–Crippen LogP) is 3.12. The first kappa shape index (κ1) is 14.1. The number of carbonyl (C=O) groups is 2. The molecule has 0 aliphatic rings. The molecule has 1 atom stereocenters. The number of hydrogen-bond acceptors (Lipinski definition) is 3. The number of carbonyl (C=O) groups excluding carboxylic acids is 1. The van der Waals surface area contributed by atoms with E-state index in [2.05, 4.69) is 5.32 Å². The molecule has 2 N–H and O–H groups in total. The van der Waals surface area contributed by atoms with Gasteiger partial charge in [-0.15, -0.1) is 0 Å². The van der Waals surface area contributed by atoms with Crippen molar-refractivity contribution in [3.63, 3.8) is 0 Å². The quantitative estimate of drug-likeness (QED) is 0.907. The minimum absolute atomic E-state index is 0.0543. The van der Waals surface area contributed by atoms with Crippen molar-refractivity contribution in [3.8, 4) is 0 Å². The standard InChI is InChI=1S/C14H12ClNO4/c1-8(9-4-2-3-5-10(9)15)16-13(17)11-6-7-12(20-11)14(18)19/h2-8H,1H3,(H,16,17)(H,18,19). The summed E-state index contributed by atoms with van der Waals surface area (Å²) in [4.78, 5) is 22.6. The second kappa shape index (κ2) is 5.79. The SMILES string of the molecule is CC(NC(=O)c1ccc(C(=O)O)o1)c1ccccc1Cl. The number of aromatic carboxylic acids is 1. The minimum atomic E-state index is -1.22. The lowest BCUT2D eigenvalue weighted by molar-refractivity contribution is 0.0659. The molecule has 0 saturated carbocycles. The second-order valence-corrected chi connectivity index (χ2v) is 4.59. The molecule has 0 aliphatic heterocycles. The maximum absolute atomic E-state index is 11.9. The van der Waals surface area contributed by atoms with E-state index in [0.29, 0.717) is 5.02 Å². The molecular weight excluding hydrogens is 282 g/mol. The maximum atomic E-state index is 11.9. The van der Waals surface area contributed by atoms with E-state index in [-0.39, 0.29) is 17.6 Å². The molecule has 0 aliphatic carbocycles. The first-order chi connectivity index (χ1) is 9.49. The van der Waals surface area contributed by atoms with Crippen molar-refractivity contribution in [1.29, 1.82) is 0 Å². The van der Waals surface area contributed by atoms with E-state index < -0.39 is 11.9 Å². The van der Waals surface area contributed by atoms with Crippen molar-refractivity contribution in [3.05, 3.63) is 58.5 Å². The highest BCUT2D eigenvalue weighted by Crippen LogP contribution is 2.22. The van der Waals surface area contributed by atoms with Crippen LogP contribution in [0.4, 0.5) is 0 Å². The molecular formula is C14H12ClNO4. The molecule has 1 amide bonds. The van der Waals surface area contributed by atoms with Gasteiger partial charge in [0.15, 0.2) is 5.76 Å². The summed E-state index contributed by atoms with van der Waals surface area (Å²) in [5.74, 6) is -2.05. The van der Waals surface area contributed by atoms with Crippen LogP contribution in [0.3, 0.4) is 0 Å². The first-order valence-electron chi connectivity index (χ1n) is 5.87. The normalized spacial score (nSPS) is 11.9. The van der Waals surface area contributed by atoms with Crippen LogP contribution in [0.15, 0.2) is 40.8 Å². The van der Waals surface area contributed by atoms with Gasteiger partial charge in [0.2, 0.25) is 5.76 Å². The Bertz CT molecular complexity index is 650. The Morgan fingerprint density at radius 2 is 1.85 bits per heavy atom. The van der Waals surface area contributed by atoms with Crippen molar-refractivity contribution in [1.82, 2.24) is 5.32 Å². The number of halogens is 1. The fraction of sp³-hybridized carbons (Fsp3) is 0.143. The lowest BCUT2D eigenvalue weighted by Gasteiger charge is -2.14. The van der Waals surface area contributed by atoms with Crippen molar-refractivity contribution in [2.24, 2.45) is 0 Å². The molecule has 0 saturated heterocycles. The largest absolute Gasteiger partial charge is 0.475 e. The topological polar surface area (TPSA) is 79.5 Å². The van der Waals surface area contributed by atoms with Crippen LogP contribution >= 0.6 is 11.6 Å². The number of benzene rings is 1. The van der Waals surface area contributed by atoms with Crippen molar-refractivity contribution in [2.75, 3.05) is 0 Å². The molecule has 0 fully saturated rings. The van der Waals surface area contributed by atoms with E-state index in [1.54, 1.807) is 25.1 Å². The molecule has 0 radical (unpaired) electrons. The van der Waals surface area contributed by atoms with Gasteiger partial charge in [-0.2, -0.15) is 0 Å². The van der Waals surface area contributed by atoms with Gasteiger partial charge in [0.1, 0.15) is 0 Å². The van der Waals surface area contributed by atoms with Crippen molar-refractivity contribution >= 4 is 23.5 Å². The van der Waals surface area contributed by atoms with Gasteiger partial charge in [0, 0.05) is 5.02 Å². The number of carboxylic acid groups (broad SMARTS) is 1. The molecule has 1 aromatic carbocycles. The highest BCUT2D eigenvalue weighted by Gasteiger charge is 2.18. The molecule has 0 spiro atoms. The third kappa shape index (κ3) is 3.00. The van der Waals surface area contributed by atoms with Gasteiger partial charge >= 0.3 is 5.97 Å². The number of hydrogen-bond donors (Lipinski definition) is 2. The van der Waals surface area contributed by atoms with Gasteiger partial charge < -0.3 is 14.8 Å². The summed E-state index contributed by atoms with van der Waals surface area (Å²) in [6.45, 7) is 1.78. The van der Waals surface area contributed by atoms with Crippen LogP contribution < -0.4 is 5.32 Å². The van der Waals surface area contributed by atoms with Gasteiger partial charge in [-0.25, -0.2) is 4.79 Å². The molecule has 1 aromatic heterocycles. The third-order valence-corrected chi connectivity index (χ3v) is 3.10. The van der Waals surface area contributed by atoms with Gasteiger partial charge in [-0.05, 0) is 30.7 Å². The highest BCUT2D eigenvalue weighted by atomic mass is 35.5. The van der Waals surface area contributed by atoms with E-state index >= 15 is 0 Å². The average molecular weight is 294 g/mol. The molecule has 20 heavy (non-hydrogen) atoms. The minimum Gasteiger partial charge on any atom is -0.475 e. The Morgan fingerprint density at radius 3 is 2.45 bits per heavy atom. The summed E-state index contributed by atoms with van der Waals surface area (Å²) in [5, 5.41) is 12.0. The Hall–Kier alpha value is -2.27. The zero-order valence-corrected chi connectivity index (χ0v) is 11.3. The molecule has 1 unspecified atom stereocenters. The Morgan fingerprint density at radius 1 is 1.20 bits per heavy atom. The van der Waals surface area contributed by atoms with Gasteiger partial charge in [0.05, 0.1) is 6.04 Å². The molecule has 1 heterocycles. The number of furan rings is 1. The van der Waals surface area contributed by atoms with Crippen LogP contribution in [0.5, 0.6) is 0 Å².